The molecule has 0 aromatic carbocycles. The molecule has 1 aromatic rings. The maximum absolute atomic E-state index is 13.1. The van der Waals surface area contributed by atoms with E-state index in [0.29, 0.717) is 11.9 Å². The van der Waals surface area contributed by atoms with Gasteiger partial charge in [0.1, 0.15) is 5.82 Å². The van der Waals surface area contributed by atoms with Gasteiger partial charge >= 0.3 is 0 Å². The lowest BCUT2D eigenvalue weighted by atomic mass is 9.95. The summed E-state index contributed by atoms with van der Waals surface area (Å²) < 4.78 is 0. The average Bonchev–Trinajstić information content (AvgIpc) is 3.34. The summed E-state index contributed by atoms with van der Waals surface area (Å²) in [7, 11) is 0. The normalized spacial score (nSPS) is 25.7. The largest absolute Gasteiger partial charge is 0.355 e. The predicted octanol–water partition coefficient (Wildman–Crippen LogP) is 1.78. The van der Waals surface area contributed by atoms with Crippen molar-refractivity contribution in [1.82, 2.24) is 19.8 Å². The molecule has 3 saturated heterocycles. The Morgan fingerprint density at radius 2 is 1.80 bits per heavy atom. The van der Waals surface area contributed by atoms with Crippen molar-refractivity contribution in [3.05, 3.63) is 18.6 Å². The van der Waals surface area contributed by atoms with Crippen LogP contribution in [0.5, 0.6) is 0 Å². The van der Waals surface area contributed by atoms with Crippen LogP contribution >= 0.6 is 0 Å². The zero-order valence-electron chi connectivity index (χ0n) is 15.0. The van der Waals surface area contributed by atoms with Crippen molar-refractivity contribution in [1.29, 1.82) is 0 Å². The van der Waals surface area contributed by atoms with Crippen molar-refractivity contribution >= 4 is 11.7 Å². The maximum atomic E-state index is 13.1. The van der Waals surface area contributed by atoms with Gasteiger partial charge in [0.15, 0.2) is 0 Å². The van der Waals surface area contributed by atoms with E-state index >= 15 is 0 Å². The second kappa shape index (κ2) is 7.68. The van der Waals surface area contributed by atoms with Crippen molar-refractivity contribution in [2.24, 2.45) is 5.92 Å². The quantitative estimate of drug-likeness (QED) is 0.834. The van der Waals surface area contributed by atoms with E-state index in [1.54, 1.807) is 12.4 Å². The Bertz CT molecular complexity index is 566. The lowest BCUT2D eigenvalue weighted by molar-refractivity contribution is -0.137. The van der Waals surface area contributed by atoms with Crippen LogP contribution in [-0.4, -0.2) is 71.0 Å². The minimum atomic E-state index is 0.187. The molecule has 4 rings (SSSR count). The van der Waals surface area contributed by atoms with Crippen LogP contribution in [0, 0.1) is 5.92 Å². The fraction of sp³-hybridized carbons (Fsp3) is 0.737. The summed E-state index contributed by atoms with van der Waals surface area (Å²) in [5.41, 5.74) is 0. The van der Waals surface area contributed by atoms with E-state index < -0.39 is 0 Å². The van der Waals surface area contributed by atoms with Crippen LogP contribution in [0.25, 0.3) is 0 Å². The highest BCUT2D eigenvalue weighted by Crippen LogP contribution is 2.27. The SMILES string of the molecule is O=C(C1CCN(c2cnccn2)CC1)N1CCCC1CN1CCCC1. The molecule has 136 valence electrons. The van der Waals surface area contributed by atoms with Gasteiger partial charge in [0.05, 0.1) is 6.20 Å². The van der Waals surface area contributed by atoms with E-state index in [4.69, 9.17) is 0 Å². The fourth-order valence-electron chi connectivity index (χ4n) is 4.62. The van der Waals surface area contributed by atoms with Crippen LogP contribution in [0.15, 0.2) is 18.6 Å². The molecule has 0 saturated carbocycles. The topological polar surface area (TPSA) is 52.6 Å². The number of hydrogen-bond donors (Lipinski definition) is 0. The van der Waals surface area contributed by atoms with E-state index in [-0.39, 0.29) is 5.92 Å². The number of hydrogen-bond acceptors (Lipinski definition) is 5. The van der Waals surface area contributed by atoms with E-state index in [0.717, 1.165) is 44.8 Å². The number of carbonyl (C=O) groups excluding carboxylic acids is 1. The van der Waals surface area contributed by atoms with E-state index in [1.165, 1.54) is 38.8 Å². The second-order valence-corrected chi connectivity index (χ2v) is 7.66. The highest BCUT2D eigenvalue weighted by atomic mass is 16.2. The average molecular weight is 343 g/mol. The molecule has 3 aliphatic rings. The number of aromatic nitrogens is 2. The Kier molecular flexibility index (Phi) is 5.15. The Morgan fingerprint density at radius 1 is 1.00 bits per heavy atom. The van der Waals surface area contributed by atoms with Crippen molar-refractivity contribution in [3.8, 4) is 0 Å². The van der Waals surface area contributed by atoms with Gasteiger partial charge in [-0.1, -0.05) is 0 Å². The smallest absolute Gasteiger partial charge is 0.226 e. The first-order valence-corrected chi connectivity index (χ1v) is 9.85. The number of nitrogens with zero attached hydrogens (tertiary/aromatic N) is 5. The Balaban J connectivity index is 1.32. The van der Waals surface area contributed by atoms with Crippen LogP contribution in [-0.2, 0) is 4.79 Å². The molecule has 1 amide bonds. The van der Waals surface area contributed by atoms with Gasteiger partial charge in [0, 0.05) is 50.5 Å². The zero-order chi connectivity index (χ0) is 17.1. The van der Waals surface area contributed by atoms with Crippen LogP contribution < -0.4 is 4.90 Å². The Morgan fingerprint density at radius 3 is 2.52 bits per heavy atom. The van der Waals surface area contributed by atoms with Gasteiger partial charge in [-0.25, -0.2) is 4.98 Å². The monoisotopic (exact) mass is 343 g/mol. The minimum Gasteiger partial charge on any atom is -0.355 e. The minimum absolute atomic E-state index is 0.187. The van der Waals surface area contributed by atoms with Gasteiger partial charge in [-0.3, -0.25) is 9.78 Å². The van der Waals surface area contributed by atoms with Crippen molar-refractivity contribution in [2.75, 3.05) is 44.2 Å². The molecule has 25 heavy (non-hydrogen) atoms. The molecule has 0 spiro atoms. The standard InChI is InChI=1S/C19H29N5O/c25-19(24-11-3-4-17(24)15-22-9-1-2-10-22)16-5-12-23(13-6-16)18-14-20-7-8-21-18/h7-8,14,16-17H,1-6,9-13,15H2. The zero-order valence-corrected chi connectivity index (χ0v) is 15.0. The predicted molar refractivity (Wildman–Crippen MR) is 97.4 cm³/mol. The number of rotatable bonds is 4. The first-order chi connectivity index (χ1) is 12.3. The van der Waals surface area contributed by atoms with E-state index in [9.17, 15) is 4.79 Å². The molecule has 0 N–H and O–H groups in total. The first kappa shape index (κ1) is 16.8. The molecule has 4 heterocycles. The molecule has 6 nitrogen and oxygen atoms in total. The van der Waals surface area contributed by atoms with Gasteiger partial charge in [-0.2, -0.15) is 0 Å². The third kappa shape index (κ3) is 3.78. The summed E-state index contributed by atoms with van der Waals surface area (Å²) in [5, 5.41) is 0. The summed E-state index contributed by atoms with van der Waals surface area (Å²) >= 11 is 0. The van der Waals surface area contributed by atoms with Crippen LogP contribution in [0.3, 0.4) is 0 Å². The summed E-state index contributed by atoms with van der Waals surface area (Å²) in [6.45, 7) is 6.29. The van der Waals surface area contributed by atoms with Crippen molar-refractivity contribution < 1.29 is 4.79 Å². The van der Waals surface area contributed by atoms with E-state index in [2.05, 4.69) is 24.7 Å². The molecule has 6 heteroatoms. The van der Waals surface area contributed by atoms with Gasteiger partial charge in [0.25, 0.3) is 0 Å². The second-order valence-electron chi connectivity index (χ2n) is 7.66. The number of carbonyl (C=O) groups is 1. The number of amides is 1. The van der Waals surface area contributed by atoms with Gasteiger partial charge < -0.3 is 14.7 Å². The molecule has 3 fully saturated rings. The highest BCUT2D eigenvalue weighted by Gasteiger charge is 2.35. The molecule has 0 radical (unpaired) electrons. The van der Waals surface area contributed by atoms with Gasteiger partial charge in [-0.15, -0.1) is 0 Å². The van der Waals surface area contributed by atoms with Crippen molar-refractivity contribution in [2.45, 2.75) is 44.6 Å². The molecule has 3 aliphatic heterocycles. The van der Waals surface area contributed by atoms with Crippen LogP contribution in [0.1, 0.15) is 38.5 Å². The molecule has 0 aliphatic carbocycles. The van der Waals surface area contributed by atoms with Crippen molar-refractivity contribution in [3.63, 3.8) is 0 Å². The van der Waals surface area contributed by atoms with Crippen LogP contribution in [0.4, 0.5) is 5.82 Å². The van der Waals surface area contributed by atoms with Crippen LogP contribution in [0.2, 0.25) is 0 Å². The fourth-order valence-corrected chi connectivity index (χ4v) is 4.62. The molecular weight excluding hydrogens is 314 g/mol. The molecule has 1 aromatic heterocycles. The lowest BCUT2D eigenvalue weighted by Crippen LogP contribution is -2.47. The van der Waals surface area contributed by atoms with Gasteiger partial charge in [0.2, 0.25) is 5.91 Å². The third-order valence-electron chi connectivity index (χ3n) is 6.05. The summed E-state index contributed by atoms with van der Waals surface area (Å²) in [6.07, 6.45) is 12.1. The molecule has 0 bridgehead atoms. The third-order valence-corrected chi connectivity index (χ3v) is 6.05. The lowest BCUT2D eigenvalue weighted by Gasteiger charge is -2.36. The van der Waals surface area contributed by atoms with E-state index in [1.807, 2.05) is 6.20 Å². The molecule has 1 atom stereocenters. The molecule has 1 unspecified atom stereocenters. The Hall–Kier alpha value is -1.69. The number of likely N-dealkylation sites (tertiary alicyclic amines) is 2. The summed E-state index contributed by atoms with van der Waals surface area (Å²) in [5.74, 6) is 1.52. The molecular formula is C19H29N5O. The Labute approximate surface area is 150 Å². The first-order valence-electron chi connectivity index (χ1n) is 9.85. The maximum Gasteiger partial charge on any atom is 0.226 e. The summed E-state index contributed by atoms with van der Waals surface area (Å²) in [4.78, 5) is 28.6. The highest BCUT2D eigenvalue weighted by molar-refractivity contribution is 5.79. The van der Waals surface area contributed by atoms with Gasteiger partial charge in [-0.05, 0) is 51.6 Å². The number of piperidine rings is 1. The number of anilines is 1. The summed E-state index contributed by atoms with van der Waals surface area (Å²) in [6, 6.07) is 0.448.